The Morgan fingerprint density at radius 1 is 1.19 bits per heavy atom. The molecular weight excluding hydrogens is 360 g/mol. The summed E-state index contributed by atoms with van der Waals surface area (Å²) in [7, 11) is 0. The largest absolute Gasteiger partial charge is 0.315 e. The Bertz CT molecular complexity index is 721. The Morgan fingerprint density at radius 3 is 2.63 bits per heavy atom. The van der Waals surface area contributed by atoms with Crippen LogP contribution in [0.15, 0.2) is 0 Å². The smallest absolute Gasteiger partial charge is 0.164 e. The first-order chi connectivity index (χ1) is 13.0. The number of carbonyl (C=O) groups is 2. The van der Waals surface area contributed by atoms with E-state index in [0.29, 0.717) is 31.0 Å². The van der Waals surface area contributed by atoms with E-state index >= 15 is 0 Å². The highest BCUT2D eigenvalue weighted by atomic mass is 32.1. The molecule has 2 fully saturated rings. The summed E-state index contributed by atoms with van der Waals surface area (Å²) in [4.78, 5) is 27.8. The highest BCUT2D eigenvalue weighted by molar-refractivity contribution is 7.12. The molecule has 0 aliphatic heterocycles. The van der Waals surface area contributed by atoms with E-state index in [-0.39, 0.29) is 11.7 Å². The molecule has 3 aliphatic rings. The first-order valence-electron chi connectivity index (χ1n) is 10.4. The Labute approximate surface area is 164 Å². The molecule has 2 saturated carbocycles. The van der Waals surface area contributed by atoms with Crippen molar-refractivity contribution in [2.75, 3.05) is 0 Å². The number of aryl methyl sites for hydroxylation is 1. The number of rotatable bonds is 10. The minimum Gasteiger partial charge on any atom is -0.315 e. The van der Waals surface area contributed by atoms with Crippen LogP contribution in [0, 0.1) is 17.8 Å². The summed E-state index contributed by atoms with van der Waals surface area (Å²) in [5, 5.41) is 9.03. The second-order valence-electron chi connectivity index (χ2n) is 8.70. The molecule has 27 heavy (non-hydrogen) atoms. The van der Waals surface area contributed by atoms with Gasteiger partial charge in [0.15, 0.2) is 5.78 Å². The minimum atomic E-state index is -0.430. The Hall–Kier alpha value is -1.08. The van der Waals surface area contributed by atoms with Crippen molar-refractivity contribution < 1.29 is 14.8 Å². The summed E-state index contributed by atoms with van der Waals surface area (Å²) < 4.78 is 0. The van der Waals surface area contributed by atoms with Gasteiger partial charge in [0.1, 0.15) is 5.78 Å². The van der Waals surface area contributed by atoms with Crippen molar-refractivity contribution in [3.05, 3.63) is 20.9 Å². The highest BCUT2D eigenvalue weighted by Gasteiger charge is 2.34. The molecule has 2 unspecified atom stereocenters. The fraction of sp³-hybridized carbons (Fsp3) is 0.714. The van der Waals surface area contributed by atoms with Crippen LogP contribution in [-0.4, -0.2) is 22.9 Å². The number of hydroxylamine groups is 1. The predicted molar refractivity (Wildman–Crippen MR) is 105 cm³/mol. The SMILES string of the molecule is NC(CC1CCc2sc(CC(=O)C3CC3)c(C(=O)CCC3CC3)c2C1)NO. The van der Waals surface area contributed by atoms with Gasteiger partial charge in [0.05, 0.1) is 6.17 Å². The molecule has 1 aromatic heterocycles. The maximum atomic E-state index is 13.1. The molecule has 4 rings (SSSR count). The van der Waals surface area contributed by atoms with Gasteiger partial charge in [-0.1, -0.05) is 12.8 Å². The first kappa shape index (κ1) is 19.2. The lowest BCUT2D eigenvalue weighted by atomic mass is 9.82. The van der Waals surface area contributed by atoms with Gasteiger partial charge in [-0.15, -0.1) is 11.3 Å². The molecule has 4 N–H and O–H groups in total. The summed E-state index contributed by atoms with van der Waals surface area (Å²) in [6.07, 6.45) is 9.66. The van der Waals surface area contributed by atoms with Crippen molar-refractivity contribution >= 4 is 22.9 Å². The number of fused-ring (bicyclic) bond motifs is 1. The van der Waals surface area contributed by atoms with E-state index in [1.807, 2.05) is 0 Å². The minimum absolute atomic E-state index is 0.236. The van der Waals surface area contributed by atoms with Gasteiger partial charge in [0, 0.05) is 34.1 Å². The summed E-state index contributed by atoms with van der Waals surface area (Å²) in [5.41, 5.74) is 10.0. The molecule has 0 radical (unpaired) electrons. The average Bonchev–Trinajstić information content (AvgIpc) is 3.56. The average molecular weight is 391 g/mol. The molecule has 6 heteroatoms. The topological polar surface area (TPSA) is 92.4 Å². The Morgan fingerprint density at radius 2 is 1.96 bits per heavy atom. The van der Waals surface area contributed by atoms with Crippen molar-refractivity contribution in [1.82, 2.24) is 5.48 Å². The van der Waals surface area contributed by atoms with Crippen LogP contribution >= 0.6 is 11.3 Å². The van der Waals surface area contributed by atoms with Crippen LogP contribution in [0.1, 0.15) is 77.0 Å². The second kappa shape index (κ2) is 8.11. The van der Waals surface area contributed by atoms with Gasteiger partial charge in [0.2, 0.25) is 0 Å². The molecule has 1 aromatic rings. The third-order valence-electron chi connectivity index (χ3n) is 6.31. The third-order valence-corrected chi connectivity index (χ3v) is 7.60. The first-order valence-corrected chi connectivity index (χ1v) is 11.2. The standard InChI is InChI=1S/C21H30N2O3S/c22-20(23-26)10-13-4-8-18-15(9-13)21(16(24)7-3-12-1-2-12)19(27-18)11-17(25)14-5-6-14/h12-14,20,23,26H,1-11,22H2. The van der Waals surface area contributed by atoms with Crippen LogP contribution in [0.25, 0.3) is 0 Å². The lowest BCUT2D eigenvalue weighted by molar-refractivity contribution is -0.119. The summed E-state index contributed by atoms with van der Waals surface area (Å²) in [6.45, 7) is 0. The molecule has 0 amide bonds. The van der Waals surface area contributed by atoms with Crippen LogP contribution < -0.4 is 11.2 Å². The van der Waals surface area contributed by atoms with Crippen molar-refractivity contribution in [3.8, 4) is 0 Å². The van der Waals surface area contributed by atoms with Gasteiger partial charge in [-0.2, -0.15) is 5.48 Å². The monoisotopic (exact) mass is 390 g/mol. The summed E-state index contributed by atoms with van der Waals surface area (Å²) in [6, 6.07) is 0. The molecule has 1 heterocycles. The van der Waals surface area contributed by atoms with E-state index in [1.165, 1.54) is 23.3 Å². The number of hydrogen-bond donors (Lipinski definition) is 3. The van der Waals surface area contributed by atoms with E-state index in [2.05, 4.69) is 5.48 Å². The van der Waals surface area contributed by atoms with Gasteiger partial charge in [0.25, 0.3) is 0 Å². The maximum Gasteiger partial charge on any atom is 0.164 e. The van der Waals surface area contributed by atoms with Gasteiger partial charge in [-0.3, -0.25) is 9.59 Å². The molecule has 5 nitrogen and oxygen atoms in total. The molecule has 148 valence electrons. The van der Waals surface area contributed by atoms with Crippen molar-refractivity contribution in [2.45, 2.75) is 76.8 Å². The van der Waals surface area contributed by atoms with E-state index in [9.17, 15) is 9.59 Å². The fourth-order valence-corrected chi connectivity index (χ4v) is 5.73. The van der Waals surface area contributed by atoms with E-state index < -0.39 is 6.17 Å². The number of ketones is 2. The number of thiophene rings is 1. The van der Waals surface area contributed by atoms with Crippen molar-refractivity contribution in [3.63, 3.8) is 0 Å². The lowest BCUT2D eigenvalue weighted by Gasteiger charge is -2.25. The fourth-order valence-electron chi connectivity index (χ4n) is 4.35. The van der Waals surface area contributed by atoms with Gasteiger partial charge in [-0.05, 0) is 62.3 Å². The lowest BCUT2D eigenvalue weighted by Crippen LogP contribution is -2.37. The third kappa shape index (κ3) is 4.67. The van der Waals surface area contributed by atoms with E-state index in [1.54, 1.807) is 11.3 Å². The Kier molecular flexibility index (Phi) is 5.78. The van der Waals surface area contributed by atoms with E-state index in [4.69, 9.17) is 10.9 Å². The highest BCUT2D eigenvalue weighted by Crippen LogP contribution is 2.41. The predicted octanol–water partition coefficient (Wildman–Crippen LogP) is 3.40. The maximum absolute atomic E-state index is 13.1. The molecule has 0 aromatic carbocycles. The van der Waals surface area contributed by atoms with Crippen LogP contribution in [0.2, 0.25) is 0 Å². The van der Waals surface area contributed by atoms with E-state index in [0.717, 1.165) is 54.9 Å². The van der Waals surface area contributed by atoms with Crippen LogP contribution in [0.3, 0.4) is 0 Å². The van der Waals surface area contributed by atoms with Gasteiger partial charge >= 0.3 is 0 Å². The molecule has 3 aliphatic carbocycles. The van der Waals surface area contributed by atoms with Crippen LogP contribution in [0.5, 0.6) is 0 Å². The van der Waals surface area contributed by atoms with Gasteiger partial charge in [-0.25, -0.2) is 0 Å². The Balaban J connectivity index is 1.55. The zero-order chi connectivity index (χ0) is 19.0. The molecule has 2 atom stereocenters. The number of carbonyl (C=O) groups excluding carboxylic acids is 2. The zero-order valence-corrected chi connectivity index (χ0v) is 16.7. The molecule has 0 saturated heterocycles. The summed E-state index contributed by atoms with van der Waals surface area (Å²) >= 11 is 1.70. The van der Waals surface area contributed by atoms with Crippen LogP contribution in [-0.2, 0) is 24.1 Å². The van der Waals surface area contributed by atoms with Crippen molar-refractivity contribution in [2.24, 2.45) is 23.5 Å². The van der Waals surface area contributed by atoms with Crippen molar-refractivity contribution in [1.29, 1.82) is 0 Å². The summed E-state index contributed by atoms with van der Waals surface area (Å²) in [5.74, 6) is 1.89. The van der Waals surface area contributed by atoms with Crippen LogP contribution in [0.4, 0.5) is 0 Å². The number of nitrogens with one attached hydrogen (secondary N) is 1. The number of Topliss-reactive ketones (excluding diaryl/α,β-unsaturated/α-hetero) is 2. The van der Waals surface area contributed by atoms with Gasteiger partial charge < -0.3 is 10.9 Å². The zero-order valence-electron chi connectivity index (χ0n) is 15.8. The number of nitrogens with two attached hydrogens (primary N) is 1. The number of hydrogen-bond acceptors (Lipinski definition) is 6. The normalized spacial score (nSPS) is 23.1. The molecule has 0 spiro atoms. The second-order valence-corrected chi connectivity index (χ2v) is 9.89. The quantitative estimate of drug-likeness (QED) is 0.323. The molecular formula is C21H30N2O3S. The molecule has 0 bridgehead atoms.